The molecule has 5 nitrogen and oxygen atoms in total. The molecule has 2 aromatic rings. The van der Waals surface area contributed by atoms with Gasteiger partial charge in [0.05, 0.1) is 6.34 Å². The van der Waals surface area contributed by atoms with E-state index in [9.17, 15) is 4.79 Å². The Kier molecular flexibility index (Phi) is 4.89. The summed E-state index contributed by atoms with van der Waals surface area (Å²) < 4.78 is 0. The van der Waals surface area contributed by atoms with Crippen LogP contribution in [0.4, 0.5) is 0 Å². The standard InChI is InChI=1S/C27H32N4O/c32-25-27(17-20-1-6-28-7-2-20,18-21-3-8-29-9-4-21)30-19-31(25)10-5-26-14-22-11-23(15-26)13-24(12-22)16-26/h1-4,6-9,19,22-24H,5,10-18H2. The van der Waals surface area contributed by atoms with Gasteiger partial charge in [-0.1, -0.05) is 0 Å². The van der Waals surface area contributed by atoms with Crippen molar-refractivity contribution in [2.45, 2.75) is 63.3 Å². The van der Waals surface area contributed by atoms with E-state index in [1.54, 1.807) is 24.8 Å². The summed E-state index contributed by atoms with van der Waals surface area (Å²) in [4.78, 5) is 28.9. The van der Waals surface area contributed by atoms with Gasteiger partial charge >= 0.3 is 0 Å². The first-order chi connectivity index (χ1) is 15.6. The lowest BCUT2D eigenvalue weighted by atomic mass is 9.49. The fourth-order valence-corrected chi connectivity index (χ4v) is 7.65. The molecule has 0 saturated heterocycles. The predicted molar refractivity (Wildman–Crippen MR) is 124 cm³/mol. The van der Waals surface area contributed by atoms with Crippen LogP contribution in [0.3, 0.4) is 0 Å². The van der Waals surface area contributed by atoms with E-state index in [0.717, 1.165) is 41.8 Å². The first-order valence-corrected chi connectivity index (χ1v) is 12.3. The molecule has 1 aliphatic heterocycles. The Balaban J connectivity index is 1.20. The smallest absolute Gasteiger partial charge is 0.256 e. The Bertz CT molecular complexity index is 926. The number of aromatic nitrogens is 2. The van der Waals surface area contributed by atoms with Crippen molar-refractivity contribution in [1.29, 1.82) is 0 Å². The van der Waals surface area contributed by atoms with Gasteiger partial charge in [-0.3, -0.25) is 19.8 Å². The number of aliphatic imine (C=N–C) groups is 1. The Labute approximate surface area is 190 Å². The highest BCUT2D eigenvalue weighted by Gasteiger charge is 2.51. The number of carbonyl (C=O) groups excluding carboxylic acids is 1. The Hall–Kier alpha value is -2.56. The van der Waals surface area contributed by atoms with E-state index in [0.29, 0.717) is 18.3 Å². The summed E-state index contributed by atoms with van der Waals surface area (Å²) in [6.45, 7) is 0.808. The Morgan fingerprint density at radius 1 is 0.812 bits per heavy atom. The van der Waals surface area contributed by atoms with Gasteiger partial charge in [0, 0.05) is 44.2 Å². The molecule has 5 aliphatic rings. The SMILES string of the molecule is O=C1N(CCC23CC4CC(CC(C4)C2)C3)C=NC1(Cc1ccncc1)Cc1ccncc1. The van der Waals surface area contributed by atoms with Crippen molar-refractivity contribution in [1.82, 2.24) is 14.9 Å². The molecule has 0 atom stereocenters. The molecule has 3 heterocycles. The number of pyridine rings is 2. The van der Waals surface area contributed by atoms with Crippen LogP contribution in [0, 0.1) is 23.2 Å². The van der Waals surface area contributed by atoms with Gasteiger partial charge in [-0.05, 0) is 104 Å². The third-order valence-corrected chi connectivity index (χ3v) is 8.64. The average molecular weight is 429 g/mol. The molecule has 4 bridgehead atoms. The second-order valence-electron chi connectivity index (χ2n) is 11.0. The van der Waals surface area contributed by atoms with E-state index in [1.165, 1.54) is 38.5 Å². The molecule has 0 radical (unpaired) electrons. The molecule has 32 heavy (non-hydrogen) atoms. The van der Waals surface area contributed by atoms with Gasteiger partial charge in [0.15, 0.2) is 0 Å². The Morgan fingerprint density at radius 3 is 1.81 bits per heavy atom. The van der Waals surface area contributed by atoms with Gasteiger partial charge < -0.3 is 4.90 Å². The predicted octanol–water partition coefficient (Wildman–Crippen LogP) is 4.48. The highest BCUT2D eigenvalue weighted by atomic mass is 16.2. The van der Waals surface area contributed by atoms with Gasteiger partial charge in [-0.15, -0.1) is 0 Å². The maximum absolute atomic E-state index is 13.8. The lowest BCUT2D eigenvalue weighted by Crippen LogP contribution is -2.49. The third-order valence-electron chi connectivity index (χ3n) is 8.64. The molecule has 0 aromatic carbocycles. The Morgan fingerprint density at radius 2 is 1.31 bits per heavy atom. The summed E-state index contributed by atoms with van der Waals surface area (Å²) in [6, 6.07) is 7.98. The lowest BCUT2D eigenvalue weighted by molar-refractivity contribution is -0.131. The van der Waals surface area contributed by atoms with Crippen molar-refractivity contribution in [2.24, 2.45) is 28.2 Å². The van der Waals surface area contributed by atoms with E-state index >= 15 is 0 Å². The molecule has 2 aromatic heterocycles. The van der Waals surface area contributed by atoms with Gasteiger partial charge in [-0.25, -0.2) is 0 Å². The molecule has 4 saturated carbocycles. The van der Waals surface area contributed by atoms with Crippen molar-refractivity contribution in [2.75, 3.05) is 6.54 Å². The first kappa shape index (κ1) is 20.1. The van der Waals surface area contributed by atoms with Crippen LogP contribution in [-0.2, 0) is 17.6 Å². The number of rotatable bonds is 7. The van der Waals surface area contributed by atoms with Crippen LogP contribution in [0.25, 0.3) is 0 Å². The molecule has 7 rings (SSSR count). The summed E-state index contributed by atoms with van der Waals surface area (Å²) in [5.74, 6) is 2.99. The fraction of sp³-hybridized carbons (Fsp3) is 0.556. The molecule has 0 unspecified atom stereocenters. The molecule has 0 N–H and O–H groups in total. The highest BCUT2D eigenvalue weighted by Crippen LogP contribution is 2.61. The molecule has 166 valence electrons. The third kappa shape index (κ3) is 3.66. The zero-order valence-corrected chi connectivity index (χ0v) is 18.7. The number of hydrogen-bond acceptors (Lipinski definition) is 4. The molecule has 1 amide bonds. The first-order valence-electron chi connectivity index (χ1n) is 12.3. The summed E-state index contributed by atoms with van der Waals surface area (Å²) in [7, 11) is 0. The molecule has 5 heteroatoms. The summed E-state index contributed by atoms with van der Waals surface area (Å²) >= 11 is 0. The molecular weight excluding hydrogens is 396 g/mol. The second kappa shape index (κ2) is 7.79. The minimum absolute atomic E-state index is 0.149. The van der Waals surface area contributed by atoms with Crippen LogP contribution >= 0.6 is 0 Å². The minimum Gasteiger partial charge on any atom is -0.301 e. The summed E-state index contributed by atoms with van der Waals surface area (Å²) in [5, 5.41) is 0. The van der Waals surface area contributed by atoms with Crippen molar-refractivity contribution < 1.29 is 4.79 Å². The van der Waals surface area contributed by atoms with Crippen LogP contribution in [0.5, 0.6) is 0 Å². The van der Waals surface area contributed by atoms with Crippen LogP contribution < -0.4 is 0 Å². The zero-order chi connectivity index (χ0) is 21.6. The van der Waals surface area contributed by atoms with Gasteiger partial charge in [0.2, 0.25) is 0 Å². The van der Waals surface area contributed by atoms with Crippen molar-refractivity contribution in [3.8, 4) is 0 Å². The van der Waals surface area contributed by atoms with Crippen molar-refractivity contribution in [3.63, 3.8) is 0 Å². The number of hydrogen-bond donors (Lipinski definition) is 0. The van der Waals surface area contributed by atoms with Gasteiger partial charge in [-0.2, -0.15) is 0 Å². The lowest BCUT2D eigenvalue weighted by Gasteiger charge is -2.57. The van der Waals surface area contributed by atoms with Crippen LogP contribution in [-0.4, -0.2) is 39.2 Å². The van der Waals surface area contributed by atoms with E-state index in [4.69, 9.17) is 4.99 Å². The largest absolute Gasteiger partial charge is 0.301 e. The fourth-order valence-electron chi connectivity index (χ4n) is 7.65. The molecule has 4 fully saturated rings. The maximum atomic E-state index is 13.8. The highest BCUT2D eigenvalue weighted by molar-refractivity contribution is 6.00. The maximum Gasteiger partial charge on any atom is 0.256 e. The van der Waals surface area contributed by atoms with Crippen molar-refractivity contribution >= 4 is 12.2 Å². The van der Waals surface area contributed by atoms with Crippen LogP contribution in [0.15, 0.2) is 54.0 Å². The molecule has 4 aliphatic carbocycles. The van der Waals surface area contributed by atoms with E-state index in [1.807, 2.05) is 35.5 Å². The second-order valence-corrected chi connectivity index (χ2v) is 11.0. The summed E-state index contributed by atoms with van der Waals surface area (Å²) in [6.07, 6.45) is 19.9. The minimum atomic E-state index is -0.774. The normalized spacial score (nSPS) is 32.1. The van der Waals surface area contributed by atoms with Gasteiger partial charge in [0.25, 0.3) is 5.91 Å². The average Bonchev–Trinajstić information content (AvgIpc) is 3.08. The molecule has 0 spiro atoms. The van der Waals surface area contributed by atoms with Gasteiger partial charge in [0.1, 0.15) is 5.54 Å². The number of amides is 1. The van der Waals surface area contributed by atoms with Crippen LogP contribution in [0.2, 0.25) is 0 Å². The molecular formula is C27H32N4O. The number of nitrogens with zero attached hydrogens (tertiary/aromatic N) is 4. The topological polar surface area (TPSA) is 58.5 Å². The van der Waals surface area contributed by atoms with E-state index < -0.39 is 5.54 Å². The quantitative estimate of drug-likeness (QED) is 0.653. The van der Waals surface area contributed by atoms with E-state index in [-0.39, 0.29) is 5.91 Å². The van der Waals surface area contributed by atoms with Crippen LogP contribution in [0.1, 0.15) is 56.1 Å². The zero-order valence-electron chi connectivity index (χ0n) is 18.7. The number of carbonyl (C=O) groups is 1. The van der Waals surface area contributed by atoms with Crippen molar-refractivity contribution in [3.05, 3.63) is 60.2 Å². The monoisotopic (exact) mass is 428 g/mol. The summed E-state index contributed by atoms with van der Waals surface area (Å²) in [5.41, 5.74) is 1.90. The van der Waals surface area contributed by atoms with E-state index in [2.05, 4.69) is 9.97 Å².